The number of Topliss-reactive ketones (excluding diaryl/α,β-unsaturated/α-hetero) is 1. The number of benzene rings is 1. The van der Waals surface area contributed by atoms with Gasteiger partial charge < -0.3 is 9.47 Å². The Balaban J connectivity index is 2.19. The van der Waals surface area contributed by atoms with Gasteiger partial charge in [-0.25, -0.2) is 4.79 Å². The van der Waals surface area contributed by atoms with E-state index in [1.807, 2.05) is 6.07 Å². The molecule has 0 aromatic heterocycles. The van der Waals surface area contributed by atoms with Crippen LogP contribution in [-0.4, -0.2) is 40.8 Å². The molecule has 24 heavy (non-hydrogen) atoms. The van der Waals surface area contributed by atoms with Crippen molar-refractivity contribution in [3.8, 4) is 11.8 Å². The van der Waals surface area contributed by atoms with E-state index in [-0.39, 0.29) is 12.4 Å². The lowest BCUT2D eigenvalue weighted by atomic mass is 10.1. The zero-order chi connectivity index (χ0) is 18.0. The quantitative estimate of drug-likeness (QED) is 0.451. The number of ketones is 1. The van der Waals surface area contributed by atoms with E-state index in [1.54, 1.807) is 58.9 Å². The van der Waals surface area contributed by atoms with Gasteiger partial charge in [-0.3, -0.25) is 9.69 Å². The monoisotopic (exact) mass is 329 g/mol. The second-order valence-electron chi connectivity index (χ2n) is 7.09. The number of hydrogen-bond donors (Lipinski definition) is 0. The summed E-state index contributed by atoms with van der Waals surface area (Å²) in [7, 11) is 0. The van der Waals surface area contributed by atoms with Crippen LogP contribution in [0.25, 0.3) is 0 Å². The first-order valence-corrected chi connectivity index (χ1v) is 7.87. The molecule has 128 valence electrons. The number of nitrogens with zero attached hydrogens (tertiary/aromatic N) is 1. The fourth-order valence-electron chi connectivity index (χ4n) is 2.38. The minimum atomic E-state index is -0.836. The highest BCUT2D eigenvalue weighted by atomic mass is 16.6. The van der Waals surface area contributed by atoms with Gasteiger partial charge in [-0.15, -0.1) is 0 Å². The molecule has 1 aromatic rings. The Hall–Kier alpha value is -2.32. The van der Waals surface area contributed by atoms with Crippen LogP contribution in [0.1, 0.15) is 45.0 Å². The fraction of sp³-hybridized carbons (Fsp3) is 0.474. The molecule has 0 N–H and O–H groups in total. The molecule has 0 spiro atoms. The van der Waals surface area contributed by atoms with Crippen molar-refractivity contribution in [3.05, 3.63) is 35.9 Å². The zero-order valence-corrected chi connectivity index (χ0v) is 14.8. The van der Waals surface area contributed by atoms with Crippen LogP contribution in [0.2, 0.25) is 0 Å². The standard InChI is InChI=1S/C19H23NO4/c1-18(2,3)24-17(22)20-15(13-23-19(20,4)5)11-12-16(21)14-9-7-6-8-10-14/h6-10,15H,13H2,1-5H3/t15-/m1/s1. The van der Waals surface area contributed by atoms with Gasteiger partial charge in [0.25, 0.3) is 0 Å². The molecule has 2 rings (SSSR count). The molecule has 5 nitrogen and oxygen atoms in total. The van der Waals surface area contributed by atoms with E-state index in [0.717, 1.165) is 0 Å². The highest BCUT2D eigenvalue weighted by molar-refractivity contribution is 6.09. The summed E-state index contributed by atoms with van der Waals surface area (Å²) in [6.45, 7) is 9.19. The first-order valence-electron chi connectivity index (χ1n) is 7.87. The molecule has 1 heterocycles. The lowest BCUT2D eigenvalue weighted by molar-refractivity contribution is -0.0608. The Morgan fingerprint density at radius 2 is 1.88 bits per heavy atom. The largest absolute Gasteiger partial charge is 0.444 e. The van der Waals surface area contributed by atoms with Gasteiger partial charge in [0.05, 0.1) is 6.61 Å². The summed E-state index contributed by atoms with van der Waals surface area (Å²) in [5.74, 6) is 5.17. The summed E-state index contributed by atoms with van der Waals surface area (Å²) in [6.07, 6.45) is -0.503. The van der Waals surface area contributed by atoms with E-state index in [9.17, 15) is 9.59 Å². The van der Waals surface area contributed by atoms with Crippen molar-refractivity contribution in [2.24, 2.45) is 0 Å². The molecule has 5 heteroatoms. The van der Waals surface area contributed by atoms with Gasteiger partial charge in [-0.1, -0.05) is 36.3 Å². The maximum atomic E-state index is 12.5. The van der Waals surface area contributed by atoms with E-state index in [1.165, 1.54) is 4.90 Å². The minimum Gasteiger partial charge on any atom is -0.444 e. The Labute approximate surface area is 142 Å². The summed E-state index contributed by atoms with van der Waals surface area (Å²) >= 11 is 0. The van der Waals surface area contributed by atoms with Crippen LogP contribution in [0.15, 0.2) is 30.3 Å². The second-order valence-corrected chi connectivity index (χ2v) is 7.09. The predicted octanol–water partition coefficient (Wildman–Crippen LogP) is 3.24. The molecule has 0 aliphatic carbocycles. The van der Waals surface area contributed by atoms with Crippen molar-refractivity contribution in [1.29, 1.82) is 0 Å². The lowest BCUT2D eigenvalue weighted by Gasteiger charge is -2.33. The van der Waals surface area contributed by atoms with Crippen LogP contribution in [0, 0.1) is 11.8 Å². The number of ether oxygens (including phenoxy) is 2. The van der Waals surface area contributed by atoms with Gasteiger partial charge in [-0.05, 0) is 40.5 Å². The van der Waals surface area contributed by atoms with Crippen molar-refractivity contribution >= 4 is 11.9 Å². The number of amides is 1. The SMILES string of the molecule is CC(C)(C)OC(=O)N1[C@H](C#CC(=O)c2ccccc2)COC1(C)C. The summed E-state index contributed by atoms with van der Waals surface area (Å²) < 4.78 is 11.1. The highest BCUT2D eigenvalue weighted by Crippen LogP contribution is 2.29. The molecule has 0 radical (unpaired) electrons. The average molecular weight is 329 g/mol. The predicted molar refractivity (Wildman–Crippen MR) is 90.4 cm³/mol. The molecule has 1 atom stereocenters. The third-order valence-electron chi connectivity index (χ3n) is 3.46. The van der Waals surface area contributed by atoms with Gasteiger partial charge >= 0.3 is 6.09 Å². The van der Waals surface area contributed by atoms with Crippen molar-refractivity contribution < 1.29 is 19.1 Å². The topological polar surface area (TPSA) is 55.8 Å². The molecule has 0 bridgehead atoms. The second kappa shape index (κ2) is 6.66. The normalized spacial score (nSPS) is 19.4. The van der Waals surface area contributed by atoms with Crippen molar-refractivity contribution in [2.45, 2.75) is 52.0 Å². The Morgan fingerprint density at radius 3 is 2.46 bits per heavy atom. The first-order chi connectivity index (χ1) is 11.1. The van der Waals surface area contributed by atoms with Gasteiger partial charge in [0, 0.05) is 5.56 Å². The molecule has 1 aliphatic heterocycles. The summed E-state index contributed by atoms with van der Waals surface area (Å²) in [5, 5.41) is 0. The van der Waals surface area contributed by atoms with Crippen molar-refractivity contribution in [1.82, 2.24) is 4.90 Å². The minimum absolute atomic E-state index is 0.237. The van der Waals surface area contributed by atoms with E-state index < -0.39 is 23.5 Å². The molecule has 0 unspecified atom stereocenters. The maximum absolute atomic E-state index is 12.5. The van der Waals surface area contributed by atoms with Gasteiger partial charge in [-0.2, -0.15) is 0 Å². The summed E-state index contributed by atoms with van der Waals surface area (Å²) in [5.41, 5.74) is -0.933. The third-order valence-corrected chi connectivity index (χ3v) is 3.46. The number of rotatable bonds is 1. The third kappa shape index (κ3) is 4.36. The van der Waals surface area contributed by atoms with Gasteiger partial charge in [0.2, 0.25) is 5.78 Å². The first kappa shape index (κ1) is 18.0. The van der Waals surface area contributed by atoms with Crippen LogP contribution in [-0.2, 0) is 9.47 Å². The average Bonchev–Trinajstić information content (AvgIpc) is 2.78. The summed E-state index contributed by atoms with van der Waals surface area (Å²) in [6, 6.07) is 8.28. The van der Waals surface area contributed by atoms with Crippen LogP contribution in [0.3, 0.4) is 0 Å². The van der Waals surface area contributed by atoms with E-state index >= 15 is 0 Å². The molecule has 1 saturated heterocycles. The number of hydrogen-bond acceptors (Lipinski definition) is 4. The Morgan fingerprint density at radius 1 is 1.25 bits per heavy atom. The smallest absolute Gasteiger partial charge is 0.413 e. The van der Waals surface area contributed by atoms with Crippen LogP contribution < -0.4 is 0 Å². The van der Waals surface area contributed by atoms with Crippen molar-refractivity contribution in [3.63, 3.8) is 0 Å². The zero-order valence-electron chi connectivity index (χ0n) is 14.8. The summed E-state index contributed by atoms with van der Waals surface area (Å²) in [4.78, 5) is 26.0. The number of carbonyl (C=O) groups excluding carboxylic acids is 2. The van der Waals surface area contributed by atoms with Crippen LogP contribution in [0.4, 0.5) is 4.79 Å². The van der Waals surface area contributed by atoms with Crippen LogP contribution in [0.5, 0.6) is 0 Å². The highest BCUT2D eigenvalue weighted by Gasteiger charge is 2.45. The van der Waals surface area contributed by atoms with E-state index in [4.69, 9.17) is 9.47 Å². The molecule has 1 amide bonds. The van der Waals surface area contributed by atoms with E-state index in [2.05, 4.69) is 11.8 Å². The fourth-order valence-corrected chi connectivity index (χ4v) is 2.38. The Bertz CT molecular complexity index is 677. The molecule has 1 aliphatic rings. The van der Waals surface area contributed by atoms with Crippen molar-refractivity contribution in [2.75, 3.05) is 6.61 Å². The van der Waals surface area contributed by atoms with Gasteiger partial charge in [0.1, 0.15) is 17.4 Å². The number of carbonyl (C=O) groups is 2. The van der Waals surface area contributed by atoms with Gasteiger partial charge in [0.15, 0.2) is 0 Å². The molecule has 1 aromatic carbocycles. The molecular formula is C19H23NO4. The van der Waals surface area contributed by atoms with E-state index in [0.29, 0.717) is 5.56 Å². The molecule has 0 saturated carbocycles. The maximum Gasteiger partial charge on any atom is 0.413 e. The van der Waals surface area contributed by atoms with Crippen LogP contribution >= 0.6 is 0 Å². The lowest BCUT2D eigenvalue weighted by Crippen LogP contribution is -2.49. The molecule has 1 fully saturated rings. The molecular weight excluding hydrogens is 306 g/mol. The Kier molecular flexibility index (Phi) is 5.00.